The van der Waals surface area contributed by atoms with E-state index in [1.165, 1.54) is 44.6 Å². The second kappa shape index (κ2) is 8.78. The van der Waals surface area contributed by atoms with Crippen LogP contribution < -0.4 is 10.2 Å². The van der Waals surface area contributed by atoms with Crippen LogP contribution in [-0.2, 0) is 0 Å². The van der Waals surface area contributed by atoms with Gasteiger partial charge in [0.05, 0.1) is 12.3 Å². The first-order valence-corrected chi connectivity index (χ1v) is 7.06. The highest BCUT2D eigenvalue weighted by Crippen LogP contribution is 2.10. The smallest absolute Gasteiger partial charge is 0.223 e. The number of rotatable bonds is 9. The monoisotopic (exact) mass is 251 g/mol. The lowest BCUT2D eigenvalue weighted by Crippen LogP contribution is -2.10. The Morgan fingerprint density at radius 3 is 2.44 bits per heavy atom. The van der Waals surface area contributed by atoms with Crippen molar-refractivity contribution in [3.05, 3.63) is 28.2 Å². The summed E-state index contributed by atoms with van der Waals surface area (Å²) < 4.78 is 5.55. The van der Waals surface area contributed by atoms with E-state index in [0.29, 0.717) is 12.4 Å². The van der Waals surface area contributed by atoms with Crippen molar-refractivity contribution in [1.82, 2.24) is 4.98 Å². The number of H-pyrrole nitrogens is 1. The minimum absolute atomic E-state index is 0.0332. The molecule has 1 aromatic heterocycles. The summed E-state index contributed by atoms with van der Waals surface area (Å²) in [6, 6.07) is 1.51. The molecule has 1 aromatic rings. The Balaban J connectivity index is 2.13. The highest BCUT2D eigenvalue weighted by molar-refractivity contribution is 5.25. The number of pyridine rings is 1. The van der Waals surface area contributed by atoms with Crippen LogP contribution in [0.25, 0.3) is 0 Å². The van der Waals surface area contributed by atoms with Crippen LogP contribution in [0.3, 0.4) is 0 Å². The fourth-order valence-corrected chi connectivity index (χ4v) is 1.98. The van der Waals surface area contributed by atoms with Crippen LogP contribution in [0.1, 0.15) is 57.6 Å². The second-order valence-corrected chi connectivity index (χ2v) is 4.77. The Kier molecular flexibility index (Phi) is 7.23. The minimum Gasteiger partial charge on any atom is -0.488 e. The molecule has 3 nitrogen and oxygen atoms in total. The van der Waals surface area contributed by atoms with Crippen molar-refractivity contribution < 1.29 is 4.74 Å². The Morgan fingerprint density at radius 2 is 1.78 bits per heavy atom. The zero-order valence-electron chi connectivity index (χ0n) is 11.6. The van der Waals surface area contributed by atoms with Crippen LogP contribution in [0.4, 0.5) is 0 Å². The number of nitrogens with one attached hydrogen (secondary N) is 1. The van der Waals surface area contributed by atoms with Crippen LogP contribution in [0, 0.1) is 6.92 Å². The van der Waals surface area contributed by atoms with Gasteiger partial charge in [0, 0.05) is 12.3 Å². The Bertz CT molecular complexity index is 384. The normalized spacial score (nSPS) is 10.6. The van der Waals surface area contributed by atoms with E-state index >= 15 is 0 Å². The van der Waals surface area contributed by atoms with Crippen molar-refractivity contribution in [2.45, 2.75) is 58.8 Å². The van der Waals surface area contributed by atoms with Gasteiger partial charge in [-0.05, 0) is 13.3 Å². The Morgan fingerprint density at radius 1 is 1.11 bits per heavy atom. The molecule has 0 bridgehead atoms. The molecule has 0 fully saturated rings. The van der Waals surface area contributed by atoms with Gasteiger partial charge in [0.2, 0.25) is 5.43 Å². The van der Waals surface area contributed by atoms with Gasteiger partial charge in [-0.1, -0.05) is 45.4 Å². The van der Waals surface area contributed by atoms with E-state index in [2.05, 4.69) is 11.9 Å². The molecule has 0 aromatic carbocycles. The summed E-state index contributed by atoms with van der Waals surface area (Å²) >= 11 is 0. The molecule has 0 amide bonds. The van der Waals surface area contributed by atoms with E-state index in [1.54, 1.807) is 6.20 Å². The van der Waals surface area contributed by atoms with Gasteiger partial charge in [0.15, 0.2) is 5.75 Å². The molecular formula is C15H25NO2. The van der Waals surface area contributed by atoms with Gasteiger partial charge in [0.1, 0.15) is 0 Å². The zero-order valence-corrected chi connectivity index (χ0v) is 11.6. The predicted octanol–water partition coefficient (Wildman–Crippen LogP) is 3.81. The fraction of sp³-hybridized carbons (Fsp3) is 0.667. The molecule has 0 aliphatic rings. The van der Waals surface area contributed by atoms with Gasteiger partial charge in [-0.2, -0.15) is 0 Å². The highest BCUT2D eigenvalue weighted by Gasteiger charge is 2.03. The van der Waals surface area contributed by atoms with Gasteiger partial charge in [-0.15, -0.1) is 0 Å². The van der Waals surface area contributed by atoms with Gasteiger partial charge >= 0.3 is 0 Å². The third kappa shape index (κ3) is 5.39. The third-order valence-electron chi connectivity index (χ3n) is 3.09. The predicted molar refractivity (Wildman–Crippen MR) is 75.3 cm³/mol. The summed E-state index contributed by atoms with van der Waals surface area (Å²) in [6.07, 6.45) is 10.4. The molecular weight excluding hydrogens is 226 g/mol. The van der Waals surface area contributed by atoms with E-state index in [0.717, 1.165) is 12.1 Å². The number of unbranched alkanes of at least 4 members (excludes halogenated alkanes) is 6. The summed E-state index contributed by atoms with van der Waals surface area (Å²) in [5.74, 6) is 0.475. The van der Waals surface area contributed by atoms with Crippen molar-refractivity contribution in [2.75, 3.05) is 6.61 Å². The Labute approximate surface area is 110 Å². The SMILES string of the molecule is CCCCCCCCCOc1c(C)[nH]ccc1=O. The van der Waals surface area contributed by atoms with Gasteiger partial charge in [-0.25, -0.2) is 0 Å². The molecule has 0 atom stereocenters. The molecule has 0 aliphatic carbocycles. The Hall–Kier alpha value is -1.25. The third-order valence-corrected chi connectivity index (χ3v) is 3.09. The maximum Gasteiger partial charge on any atom is 0.223 e. The maximum atomic E-state index is 11.5. The molecule has 0 radical (unpaired) electrons. The van der Waals surface area contributed by atoms with Crippen molar-refractivity contribution >= 4 is 0 Å². The summed E-state index contributed by atoms with van der Waals surface area (Å²) in [5, 5.41) is 0. The van der Waals surface area contributed by atoms with Gasteiger partial charge < -0.3 is 9.72 Å². The van der Waals surface area contributed by atoms with E-state index in [4.69, 9.17) is 4.74 Å². The molecule has 0 unspecified atom stereocenters. The van der Waals surface area contributed by atoms with E-state index in [1.807, 2.05) is 6.92 Å². The average Bonchev–Trinajstić information content (AvgIpc) is 2.35. The molecule has 18 heavy (non-hydrogen) atoms. The molecule has 0 aliphatic heterocycles. The van der Waals surface area contributed by atoms with Crippen LogP contribution in [0.2, 0.25) is 0 Å². The van der Waals surface area contributed by atoms with E-state index in [9.17, 15) is 4.79 Å². The van der Waals surface area contributed by atoms with E-state index in [-0.39, 0.29) is 5.43 Å². The minimum atomic E-state index is -0.0332. The lowest BCUT2D eigenvalue weighted by atomic mass is 10.1. The topological polar surface area (TPSA) is 42.1 Å². The fourth-order valence-electron chi connectivity index (χ4n) is 1.98. The first-order chi connectivity index (χ1) is 8.75. The van der Waals surface area contributed by atoms with Gasteiger partial charge in [-0.3, -0.25) is 4.79 Å². The number of aromatic nitrogens is 1. The second-order valence-electron chi connectivity index (χ2n) is 4.77. The van der Waals surface area contributed by atoms with Crippen LogP contribution >= 0.6 is 0 Å². The summed E-state index contributed by atoms with van der Waals surface area (Å²) in [6.45, 7) is 4.73. The lowest BCUT2D eigenvalue weighted by molar-refractivity contribution is 0.298. The first-order valence-electron chi connectivity index (χ1n) is 7.06. The molecule has 3 heteroatoms. The van der Waals surface area contributed by atoms with Crippen molar-refractivity contribution in [3.8, 4) is 5.75 Å². The van der Waals surface area contributed by atoms with Crippen LogP contribution in [0.5, 0.6) is 5.75 Å². The molecule has 1 N–H and O–H groups in total. The molecule has 1 rings (SSSR count). The highest BCUT2D eigenvalue weighted by atomic mass is 16.5. The van der Waals surface area contributed by atoms with Crippen LogP contribution in [-0.4, -0.2) is 11.6 Å². The standard InChI is InChI=1S/C15H25NO2/c1-3-4-5-6-7-8-9-12-18-15-13(2)16-11-10-14(15)17/h10-11H,3-9,12H2,1-2H3,(H,16,17). The number of ether oxygens (including phenoxy) is 1. The number of aryl methyl sites for hydroxylation is 1. The summed E-state index contributed by atoms with van der Waals surface area (Å²) in [5.41, 5.74) is 0.777. The van der Waals surface area contributed by atoms with E-state index < -0.39 is 0 Å². The molecule has 1 heterocycles. The van der Waals surface area contributed by atoms with Crippen molar-refractivity contribution in [3.63, 3.8) is 0 Å². The number of hydrogen-bond acceptors (Lipinski definition) is 2. The molecule has 102 valence electrons. The van der Waals surface area contributed by atoms with Crippen molar-refractivity contribution in [2.24, 2.45) is 0 Å². The summed E-state index contributed by atoms with van der Waals surface area (Å²) in [4.78, 5) is 14.5. The quantitative estimate of drug-likeness (QED) is 0.678. The number of aromatic amines is 1. The lowest BCUT2D eigenvalue weighted by Gasteiger charge is -2.07. The first kappa shape index (κ1) is 14.8. The van der Waals surface area contributed by atoms with Crippen molar-refractivity contribution in [1.29, 1.82) is 0 Å². The largest absolute Gasteiger partial charge is 0.488 e. The number of hydrogen-bond donors (Lipinski definition) is 1. The zero-order chi connectivity index (χ0) is 13.2. The van der Waals surface area contributed by atoms with Crippen LogP contribution in [0.15, 0.2) is 17.1 Å². The molecule has 0 saturated heterocycles. The molecule has 0 spiro atoms. The summed E-state index contributed by atoms with van der Waals surface area (Å²) in [7, 11) is 0. The van der Waals surface area contributed by atoms with Gasteiger partial charge in [0.25, 0.3) is 0 Å². The average molecular weight is 251 g/mol. The maximum absolute atomic E-state index is 11.5. The molecule has 0 saturated carbocycles.